The van der Waals surface area contributed by atoms with E-state index in [4.69, 9.17) is 4.99 Å². The van der Waals surface area contributed by atoms with Crippen LogP contribution in [0, 0.1) is 6.92 Å². The number of aromatic nitrogens is 3. The minimum atomic E-state index is 0. The second-order valence-electron chi connectivity index (χ2n) is 8.44. The lowest BCUT2D eigenvalue weighted by atomic mass is 10.1. The van der Waals surface area contributed by atoms with Gasteiger partial charge in [-0.15, -0.1) is 34.2 Å². The molecule has 1 atom stereocenters. The molecule has 0 bridgehead atoms. The molecule has 0 radical (unpaired) electrons. The van der Waals surface area contributed by atoms with Crippen LogP contribution in [0.5, 0.6) is 0 Å². The summed E-state index contributed by atoms with van der Waals surface area (Å²) >= 11 is 0. The van der Waals surface area contributed by atoms with Crippen LogP contribution in [0.1, 0.15) is 47.3 Å². The van der Waals surface area contributed by atoms with E-state index in [0.29, 0.717) is 24.7 Å². The molecule has 182 valence electrons. The van der Waals surface area contributed by atoms with Crippen molar-refractivity contribution in [2.45, 2.75) is 45.8 Å². The maximum Gasteiger partial charge on any atom is 0.253 e. The highest BCUT2D eigenvalue weighted by atomic mass is 127. The Hall–Kier alpha value is -2.21. The van der Waals surface area contributed by atoms with E-state index >= 15 is 0 Å². The summed E-state index contributed by atoms with van der Waals surface area (Å²) in [5.74, 6) is 2.49. The SMILES string of the molecule is CCN1CCCC1CNC(=NCc1ccc(C(=O)N(C)C)cc1)NCc1nnc(C)n1C.I. The Morgan fingerprint density at radius 1 is 1.21 bits per heavy atom. The van der Waals surface area contributed by atoms with Gasteiger partial charge in [-0.3, -0.25) is 9.69 Å². The summed E-state index contributed by atoms with van der Waals surface area (Å²) in [5.41, 5.74) is 1.73. The zero-order valence-electron chi connectivity index (χ0n) is 20.3. The Kier molecular flexibility index (Phi) is 10.6. The first-order valence-electron chi connectivity index (χ1n) is 11.3. The third-order valence-corrected chi connectivity index (χ3v) is 6.03. The number of nitrogens with one attached hydrogen (secondary N) is 2. The van der Waals surface area contributed by atoms with E-state index in [1.165, 1.54) is 19.4 Å². The van der Waals surface area contributed by atoms with Gasteiger partial charge in [-0.1, -0.05) is 19.1 Å². The number of hydrogen-bond donors (Lipinski definition) is 2. The van der Waals surface area contributed by atoms with E-state index in [9.17, 15) is 4.79 Å². The molecule has 1 aromatic heterocycles. The summed E-state index contributed by atoms with van der Waals surface area (Å²) in [6.45, 7) is 8.31. The van der Waals surface area contributed by atoms with Gasteiger partial charge >= 0.3 is 0 Å². The minimum Gasteiger partial charge on any atom is -0.355 e. The number of likely N-dealkylation sites (tertiary alicyclic amines) is 1. The molecule has 0 saturated carbocycles. The van der Waals surface area contributed by atoms with Crippen molar-refractivity contribution in [3.8, 4) is 0 Å². The molecule has 1 aliphatic heterocycles. The number of carbonyl (C=O) groups is 1. The molecule has 1 fully saturated rings. The van der Waals surface area contributed by atoms with Crippen molar-refractivity contribution < 1.29 is 4.79 Å². The number of benzene rings is 1. The molecule has 9 nitrogen and oxygen atoms in total. The normalized spacial score (nSPS) is 16.4. The van der Waals surface area contributed by atoms with Crippen LogP contribution < -0.4 is 10.6 Å². The van der Waals surface area contributed by atoms with Crippen molar-refractivity contribution in [1.29, 1.82) is 0 Å². The van der Waals surface area contributed by atoms with E-state index in [1.807, 2.05) is 42.8 Å². The van der Waals surface area contributed by atoms with E-state index < -0.39 is 0 Å². The molecule has 3 rings (SSSR count). The number of carbonyl (C=O) groups excluding carboxylic acids is 1. The molecule has 1 aliphatic rings. The molecule has 1 unspecified atom stereocenters. The van der Waals surface area contributed by atoms with Crippen LogP contribution >= 0.6 is 24.0 Å². The summed E-state index contributed by atoms with van der Waals surface area (Å²) < 4.78 is 1.97. The summed E-state index contributed by atoms with van der Waals surface area (Å²) in [4.78, 5) is 21.0. The van der Waals surface area contributed by atoms with Crippen molar-refractivity contribution in [2.75, 3.05) is 33.7 Å². The largest absolute Gasteiger partial charge is 0.355 e. The predicted molar refractivity (Wildman–Crippen MR) is 142 cm³/mol. The molecule has 1 amide bonds. The number of aryl methyl sites for hydroxylation is 1. The van der Waals surface area contributed by atoms with Crippen LogP contribution in [0.4, 0.5) is 0 Å². The topological polar surface area (TPSA) is 90.7 Å². The number of guanidine groups is 1. The van der Waals surface area contributed by atoms with Gasteiger partial charge in [-0.05, 0) is 50.6 Å². The maximum atomic E-state index is 12.1. The third-order valence-electron chi connectivity index (χ3n) is 6.03. The first kappa shape index (κ1) is 27.0. The lowest BCUT2D eigenvalue weighted by Gasteiger charge is -2.24. The monoisotopic (exact) mass is 568 g/mol. The molecule has 33 heavy (non-hydrogen) atoms. The Morgan fingerprint density at radius 2 is 1.94 bits per heavy atom. The molecular formula is C23H37IN8O. The zero-order chi connectivity index (χ0) is 23.1. The molecule has 2 N–H and O–H groups in total. The first-order valence-corrected chi connectivity index (χ1v) is 11.3. The molecule has 1 saturated heterocycles. The highest BCUT2D eigenvalue weighted by molar-refractivity contribution is 14.0. The quantitative estimate of drug-likeness (QED) is 0.288. The highest BCUT2D eigenvalue weighted by Gasteiger charge is 2.22. The van der Waals surface area contributed by atoms with Crippen LogP contribution in [0.3, 0.4) is 0 Å². The molecule has 10 heteroatoms. The molecule has 0 spiro atoms. The summed E-state index contributed by atoms with van der Waals surface area (Å²) in [7, 11) is 5.48. The molecule has 2 heterocycles. The number of hydrogen-bond acceptors (Lipinski definition) is 5. The molecule has 1 aromatic carbocycles. The van der Waals surface area contributed by atoms with Crippen molar-refractivity contribution in [2.24, 2.45) is 12.0 Å². The van der Waals surface area contributed by atoms with Gasteiger partial charge in [0, 0.05) is 39.3 Å². The zero-order valence-corrected chi connectivity index (χ0v) is 22.7. The molecule has 2 aromatic rings. The average molecular weight is 569 g/mol. The smallest absolute Gasteiger partial charge is 0.253 e. The van der Waals surface area contributed by atoms with Crippen molar-refractivity contribution in [1.82, 2.24) is 35.2 Å². The highest BCUT2D eigenvalue weighted by Crippen LogP contribution is 2.15. The van der Waals surface area contributed by atoms with Crippen LogP contribution in [0.15, 0.2) is 29.3 Å². The predicted octanol–water partition coefficient (Wildman–Crippen LogP) is 2.16. The Bertz CT molecular complexity index is 925. The number of likely N-dealkylation sites (N-methyl/N-ethyl adjacent to an activating group) is 1. The van der Waals surface area contributed by atoms with Gasteiger partial charge in [-0.2, -0.15) is 0 Å². The number of amides is 1. The van der Waals surface area contributed by atoms with E-state index in [2.05, 4.69) is 32.7 Å². The molecule has 0 aliphatic carbocycles. The second kappa shape index (κ2) is 12.9. The number of aliphatic imine (C=N–C) groups is 1. The fraction of sp³-hybridized carbons (Fsp3) is 0.565. The lowest BCUT2D eigenvalue weighted by molar-refractivity contribution is 0.0827. The number of nitrogens with zero attached hydrogens (tertiary/aromatic N) is 6. The Balaban J connectivity index is 0.00000385. The fourth-order valence-corrected chi connectivity index (χ4v) is 3.88. The van der Waals surface area contributed by atoms with Crippen molar-refractivity contribution in [3.63, 3.8) is 0 Å². The van der Waals surface area contributed by atoms with E-state index in [0.717, 1.165) is 36.3 Å². The van der Waals surface area contributed by atoms with Gasteiger partial charge in [0.15, 0.2) is 11.8 Å². The number of rotatable bonds is 8. The molecular weight excluding hydrogens is 531 g/mol. The van der Waals surface area contributed by atoms with Crippen molar-refractivity contribution in [3.05, 3.63) is 47.0 Å². The summed E-state index contributed by atoms with van der Waals surface area (Å²) in [6.07, 6.45) is 2.45. The van der Waals surface area contributed by atoms with Crippen LogP contribution in [-0.4, -0.2) is 76.2 Å². The first-order chi connectivity index (χ1) is 15.4. The third kappa shape index (κ3) is 7.39. The lowest BCUT2D eigenvalue weighted by Crippen LogP contribution is -2.44. The average Bonchev–Trinajstić information content (AvgIpc) is 3.39. The van der Waals surface area contributed by atoms with E-state index in [1.54, 1.807) is 19.0 Å². The number of halogens is 1. The van der Waals surface area contributed by atoms with Gasteiger partial charge in [0.1, 0.15) is 5.82 Å². The van der Waals surface area contributed by atoms with Gasteiger partial charge in [0.2, 0.25) is 0 Å². The Morgan fingerprint density at radius 3 is 2.55 bits per heavy atom. The van der Waals surface area contributed by atoms with Gasteiger partial charge < -0.3 is 20.1 Å². The maximum absolute atomic E-state index is 12.1. The van der Waals surface area contributed by atoms with Crippen LogP contribution in [-0.2, 0) is 20.1 Å². The second-order valence-corrected chi connectivity index (χ2v) is 8.44. The van der Waals surface area contributed by atoms with Gasteiger partial charge in [0.05, 0.1) is 13.1 Å². The standard InChI is InChI=1S/C23H36N8O.HI/c1-6-31-13-7-8-20(31)15-25-23(26-16-21-28-27-17(2)30(21)5)24-14-18-9-11-19(12-10-18)22(32)29(3)4;/h9-12,20H,6-8,13-16H2,1-5H3,(H2,24,25,26);1H. The minimum absolute atomic E-state index is 0. The Labute approximate surface area is 214 Å². The summed E-state index contributed by atoms with van der Waals surface area (Å²) in [5, 5.41) is 15.3. The van der Waals surface area contributed by atoms with Gasteiger partial charge in [-0.25, -0.2) is 4.99 Å². The fourth-order valence-electron chi connectivity index (χ4n) is 3.88. The van der Waals surface area contributed by atoms with E-state index in [-0.39, 0.29) is 29.9 Å². The van der Waals surface area contributed by atoms with Crippen LogP contribution in [0.25, 0.3) is 0 Å². The van der Waals surface area contributed by atoms with Crippen molar-refractivity contribution >= 4 is 35.8 Å². The summed E-state index contributed by atoms with van der Waals surface area (Å²) in [6, 6.07) is 8.15. The van der Waals surface area contributed by atoms with Gasteiger partial charge in [0.25, 0.3) is 5.91 Å². The van der Waals surface area contributed by atoms with Crippen LogP contribution in [0.2, 0.25) is 0 Å².